The van der Waals surface area contributed by atoms with Crippen molar-refractivity contribution in [1.82, 2.24) is 5.32 Å². The minimum atomic E-state index is -1.07. The highest BCUT2D eigenvalue weighted by atomic mass is 16.3. The van der Waals surface area contributed by atoms with Crippen LogP contribution in [0.5, 0.6) is 5.75 Å². The molecule has 88 valence electrons. The van der Waals surface area contributed by atoms with E-state index in [1.165, 1.54) is 12.1 Å². The van der Waals surface area contributed by atoms with Crippen LogP contribution in [-0.2, 0) is 5.54 Å². The van der Waals surface area contributed by atoms with Gasteiger partial charge in [-0.2, -0.15) is 0 Å². The number of benzene rings is 1. The van der Waals surface area contributed by atoms with Crippen LogP contribution in [0.4, 0.5) is 0 Å². The summed E-state index contributed by atoms with van der Waals surface area (Å²) in [4.78, 5) is 0. The number of aromatic hydroxyl groups is 1. The van der Waals surface area contributed by atoms with Gasteiger partial charge in [0, 0.05) is 6.54 Å². The van der Waals surface area contributed by atoms with Gasteiger partial charge in [0.05, 0.1) is 18.2 Å². The summed E-state index contributed by atoms with van der Waals surface area (Å²) in [6, 6.07) is 6.18. The molecule has 0 radical (unpaired) electrons. The Hall–Kier alpha value is -1.14. The lowest BCUT2D eigenvalue weighted by Gasteiger charge is -2.31. The topological polar surface area (TPSA) is 93.0 Å². The van der Waals surface area contributed by atoms with Gasteiger partial charge in [-0.05, 0) is 17.7 Å². The molecule has 1 fully saturated rings. The molecule has 1 aromatic carbocycles. The van der Waals surface area contributed by atoms with Gasteiger partial charge in [0.2, 0.25) is 0 Å². The normalized spacial score (nSPS) is 34.2. The van der Waals surface area contributed by atoms with Crippen LogP contribution in [-0.4, -0.2) is 45.8 Å². The molecule has 0 bridgehead atoms. The zero-order valence-corrected chi connectivity index (χ0v) is 8.67. The highest BCUT2D eigenvalue weighted by molar-refractivity contribution is 5.34. The molecule has 5 nitrogen and oxygen atoms in total. The highest BCUT2D eigenvalue weighted by Crippen LogP contribution is 2.31. The van der Waals surface area contributed by atoms with E-state index in [2.05, 4.69) is 5.32 Å². The first kappa shape index (κ1) is 11.3. The van der Waals surface area contributed by atoms with Crippen molar-refractivity contribution in [3.63, 3.8) is 0 Å². The van der Waals surface area contributed by atoms with Crippen molar-refractivity contribution in [2.75, 3.05) is 13.2 Å². The number of hydrogen-bond acceptors (Lipinski definition) is 5. The van der Waals surface area contributed by atoms with Gasteiger partial charge in [0.15, 0.2) is 0 Å². The predicted octanol–water partition coefficient (Wildman–Crippen LogP) is -1.10. The third kappa shape index (κ3) is 1.58. The Labute approximate surface area is 93.0 Å². The van der Waals surface area contributed by atoms with E-state index in [-0.39, 0.29) is 18.9 Å². The maximum absolute atomic E-state index is 9.90. The molecule has 0 saturated carbocycles. The van der Waals surface area contributed by atoms with Crippen LogP contribution in [0, 0.1) is 0 Å². The molecule has 1 saturated heterocycles. The second kappa shape index (κ2) is 4.03. The number of nitrogens with one attached hydrogen (secondary N) is 1. The Kier molecular flexibility index (Phi) is 2.86. The van der Waals surface area contributed by atoms with Gasteiger partial charge >= 0.3 is 0 Å². The first-order chi connectivity index (χ1) is 7.60. The van der Waals surface area contributed by atoms with Gasteiger partial charge in [-0.3, -0.25) is 0 Å². The van der Waals surface area contributed by atoms with E-state index in [1.54, 1.807) is 12.1 Å². The molecule has 0 aromatic heterocycles. The summed E-state index contributed by atoms with van der Waals surface area (Å²) in [6.45, 7) is -0.0986. The molecular weight excluding hydrogens is 210 g/mol. The van der Waals surface area contributed by atoms with Crippen LogP contribution >= 0.6 is 0 Å². The van der Waals surface area contributed by atoms with Gasteiger partial charge in [0.25, 0.3) is 0 Å². The van der Waals surface area contributed by atoms with Crippen LogP contribution in [0.25, 0.3) is 0 Å². The third-order valence-corrected chi connectivity index (χ3v) is 3.13. The molecule has 2 rings (SSSR count). The maximum atomic E-state index is 9.90. The van der Waals surface area contributed by atoms with Gasteiger partial charge in [-0.15, -0.1) is 0 Å². The minimum Gasteiger partial charge on any atom is -0.508 e. The number of phenolic OH excluding ortho intramolecular Hbond substituents is 1. The Bertz CT molecular complexity index is 367. The summed E-state index contributed by atoms with van der Waals surface area (Å²) in [5, 5.41) is 40.9. The van der Waals surface area contributed by atoms with E-state index in [0.29, 0.717) is 5.56 Å². The van der Waals surface area contributed by atoms with Gasteiger partial charge < -0.3 is 25.7 Å². The molecule has 3 atom stereocenters. The van der Waals surface area contributed by atoms with Gasteiger partial charge in [0.1, 0.15) is 11.9 Å². The smallest absolute Gasteiger partial charge is 0.115 e. The van der Waals surface area contributed by atoms with Crippen LogP contribution in [0.15, 0.2) is 24.3 Å². The van der Waals surface area contributed by atoms with E-state index in [9.17, 15) is 20.4 Å². The first-order valence-corrected chi connectivity index (χ1v) is 5.11. The molecule has 5 heteroatoms. The largest absolute Gasteiger partial charge is 0.508 e. The molecular formula is C11H15NO4. The fourth-order valence-electron chi connectivity index (χ4n) is 2.10. The van der Waals surface area contributed by atoms with E-state index in [4.69, 9.17) is 0 Å². The van der Waals surface area contributed by atoms with Crippen LogP contribution in [0.1, 0.15) is 5.56 Å². The van der Waals surface area contributed by atoms with Crippen molar-refractivity contribution in [3.05, 3.63) is 29.8 Å². The number of aliphatic hydroxyl groups is 3. The lowest BCUT2D eigenvalue weighted by molar-refractivity contribution is -0.0110. The zero-order chi connectivity index (χ0) is 11.8. The molecule has 1 aliphatic heterocycles. The SMILES string of the molecule is OC[C@@]1(c2ccc(O)cc2)NC[C@@H](O)[C@@H]1O. The predicted molar refractivity (Wildman–Crippen MR) is 56.9 cm³/mol. The number of aliphatic hydroxyl groups excluding tert-OH is 3. The van der Waals surface area contributed by atoms with Crippen molar-refractivity contribution in [1.29, 1.82) is 0 Å². The number of hydrogen-bond donors (Lipinski definition) is 5. The lowest BCUT2D eigenvalue weighted by Crippen LogP contribution is -2.49. The first-order valence-electron chi connectivity index (χ1n) is 5.11. The zero-order valence-electron chi connectivity index (χ0n) is 8.67. The quantitative estimate of drug-likeness (QED) is 0.441. The van der Waals surface area contributed by atoms with Crippen molar-refractivity contribution in [2.45, 2.75) is 17.7 Å². The molecule has 0 aliphatic carbocycles. The summed E-state index contributed by atoms with van der Waals surface area (Å²) in [7, 11) is 0. The van der Waals surface area contributed by atoms with Crippen molar-refractivity contribution >= 4 is 0 Å². The Morgan fingerprint density at radius 3 is 2.31 bits per heavy atom. The molecule has 0 spiro atoms. The van der Waals surface area contributed by atoms with Crippen LogP contribution in [0.3, 0.4) is 0 Å². The maximum Gasteiger partial charge on any atom is 0.115 e. The molecule has 0 amide bonds. The van der Waals surface area contributed by atoms with Gasteiger partial charge in [-0.1, -0.05) is 12.1 Å². The molecule has 1 aromatic rings. The summed E-state index contributed by atoms with van der Waals surface area (Å²) >= 11 is 0. The van der Waals surface area contributed by atoms with Gasteiger partial charge in [-0.25, -0.2) is 0 Å². The summed E-state index contributed by atoms with van der Waals surface area (Å²) < 4.78 is 0. The number of rotatable bonds is 2. The van der Waals surface area contributed by atoms with E-state index in [0.717, 1.165) is 0 Å². The van der Waals surface area contributed by atoms with E-state index >= 15 is 0 Å². The Morgan fingerprint density at radius 2 is 1.88 bits per heavy atom. The van der Waals surface area contributed by atoms with Crippen molar-refractivity contribution in [3.8, 4) is 5.75 Å². The van der Waals surface area contributed by atoms with E-state index in [1.807, 2.05) is 0 Å². The molecule has 0 unspecified atom stereocenters. The Morgan fingerprint density at radius 1 is 1.25 bits per heavy atom. The molecule has 1 aliphatic rings. The standard InChI is InChI=1S/C11H15NO4/c13-6-11(10(16)9(15)5-12-11)7-1-3-8(14)4-2-7/h1-4,9-10,12-16H,5-6H2/t9-,10+,11+/m1/s1. The van der Waals surface area contributed by atoms with Crippen molar-refractivity contribution in [2.24, 2.45) is 0 Å². The second-order valence-electron chi connectivity index (χ2n) is 4.07. The molecule has 1 heterocycles. The fourth-order valence-corrected chi connectivity index (χ4v) is 2.10. The fraction of sp³-hybridized carbons (Fsp3) is 0.455. The highest BCUT2D eigenvalue weighted by Gasteiger charge is 2.47. The third-order valence-electron chi connectivity index (χ3n) is 3.13. The number of β-amino-alcohol motifs (C(OH)–C–C–N with tert-alkyl or cyclic N) is 1. The molecule has 5 N–H and O–H groups in total. The second-order valence-corrected chi connectivity index (χ2v) is 4.07. The van der Waals surface area contributed by atoms with Crippen LogP contribution in [0.2, 0.25) is 0 Å². The van der Waals surface area contributed by atoms with E-state index < -0.39 is 17.7 Å². The number of phenols is 1. The Balaban J connectivity index is 2.38. The minimum absolute atomic E-state index is 0.116. The van der Waals surface area contributed by atoms with Crippen molar-refractivity contribution < 1.29 is 20.4 Å². The average molecular weight is 225 g/mol. The summed E-state index contributed by atoms with van der Waals surface area (Å²) in [6.07, 6.45) is -1.97. The lowest BCUT2D eigenvalue weighted by atomic mass is 9.86. The monoisotopic (exact) mass is 225 g/mol. The average Bonchev–Trinajstić information content (AvgIpc) is 2.59. The van der Waals surface area contributed by atoms with Crippen LogP contribution < -0.4 is 5.32 Å². The molecule has 16 heavy (non-hydrogen) atoms. The summed E-state index contributed by atoms with van der Waals surface area (Å²) in [5.74, 6) is 0.116. The summed E-state index contributed by atoms with van der Waals surface area (Å²) in [5.41, 5.74) is -0.413.